The summed E-state index contributed by atoms with van der Waals surface area (Å²) in [7, 11) is 0. The zero-order chi connectivity index (χ0) is 12.1. The van der Waals surface area contributed by atoms with Crippen LogP contribution in [0.4, 0.5) is 4.39 Å². The van der Waals surface area contributed by atoms with E-state index in [2.05, 4.69) is 4.98 Å². The highest BCUT2D eigenvalue weighted by molar-refractivity contribution is 14.1. The molecule has 0 radical (unpaired) electrons. The van der Waals surface area contributed by atoms with Crippen molar-refractivity contribution in [1.29, 1.82) is 0 Å². The van der Waals surface area contributed by atoms with Crippen molar-refractivity contribution in [3.05, 3.63) is 20.2 Å². The van der Waals surface area contributed by atoms with Gasteiger partial charge in [-0.25, -0.2) is 9.37 Å². The lowest BCUT2D eigenvalue weighted by atomic mass is 9.85. The molecule has 1 atom stereocenters. The lowest BCUT2D eigenvalue weighted by molar-refractivity contribution is -0.143. The molecule has 0 aliphatic carbocycles. The molecule has 1 unspecified atom stereocenters. The van der Waals surface area contributed by atoms with Gasteiger partial charge in [-0.2, -0.15) is 0 Å². The summed E-state index contributed by atoms with van der Waals surface area (Å²) in [6, 6.07) is 0. The quantitative estimate of drug-likeness (QED) is 0.618. The van der Waals surface area contributed by atoms with Crippen molar-refractivity contribution in [2.24, 2.45) is 0 Å². The maximum absolute atomic E-state index is 13.9. The Bertz CT molecular complexity index is 496. The molecule has 0 fully saturated rings. The van der Waals surface area contributed by atoms with Gasteiger partial charge in [0.25, 0.3) is 0 Å². The first-order valence-electron chi connectivity index (χ1n) is 4.29. The SMILES string of the molecule is CC1(C(=O)O)COc2c(Cl)nc(I)c(F)c21. The molecule has 0 amide bonds. The lowest BCUT2D eigenvalue weighted by Gasteiger charge is -2.17. The standard InChI is InChI=1S/C9H6ClFINO3/c1-9(8(14)15)2-16-5-3(9)4(11)7(12)13-6(5)10/h2H2,1H3,(H,14,15). The fraction of sp³-hybridized carbons (Fsp3) is 0.333. The van der Waals surface area contributed by atoms with Crippen molar-refractivity contribution in [2.75, 3.05) is 6.61 Å². The number of carboxylic acid groups (broad SMARTS) is 1. The third kappa shape index (κ3) is 1.46. The number of carbonyl (C=O) groups is 1. The van der Waals surface area contributed by atoms with Crippen LogP contribution in [0.15, 0.2) is 0 Å². The van der Waals surface area contributed by atoms with Gasteiger partial charge in [-0.15, -0.1) is 0 Å². The first-order valence-corrected chi connectivity index (χ1v) is 5.74. The molecule has 0 bridgehead atoms. The Balaban J connectivity index is 2.76. The minimum absolute atomic E-state index is 0.00854. The van der Waals surface area contributed by atoms with Gasteiger partial charge in [-0.05, 0) is 29.5 Å². The maximum atomic E-state index is 13.9. The Morgan fingerprint density at radius 2 is 2.38 bits per heavy atom. The molecule has 1 aromatic heterocycles. The first kappa shape index (κ1) is 11.8. The third-order valence-electron chi connectivity index (χ3n) is 2.54. The predicted octanol–water partition coefficient (Wildman–Crippen LogP) is 2.21. The van der Waals surface area contributed by atoms with Crippen LogP contribution in [0.1, 0.15) is 12.5 Å². The van der Waals surface area contributed by atoms with E-state index in [-0.39, 0.29) is 26.8 Å². The number of hydrogen-bond acceptors (Lipinski definition) is 3. The molecular formula is C9H6ClFINO3. The van der Waals surface area contributed by atoms with E-state index in [9.17, 15) is 9.18 Å². The minimum atomic E-state index is -1.41. The van der Waals surface area contributed by atoms with Gasteiger partial charge in [0, 0.05) is 0 Å². The van der Waals surface area contributed by atoms with E-state index < -0.39 is 17.2 Å². The number of ether oxygens (including phenoxy) is 1. The van der Waals surface area contributed by atoms with E-state index in [1.165, 1.54) is 6.92 Å². The van der Waals surface area contributed by atoms with Crippen LogP contribution in [0.25, 0.3) is 0 Å². The zero-order valence-electron chi connectivity index (χ0n) is 8.05. The highest BCUT2D eigenvalue weighted by Gasteiger charge is 2.47. The largest absolute Gasteiger partial charge is 0.488 e. The number of hydrogen-bond donors (Lipinski definition) is 1. The monoisotopic (exact) mass is 357 g/mol. The fourth-order valence-corrected chi connectivity index (χ4v) is 2.46. The van der Waals surface area contributed by atoms with Gasteiger partial charge in [0.15, 0.2) is 16.7 Å². The Hall–Kier alpha value is -0.630. The summed E-state index contributed by atoms with van der Waals surface area (Å²) in [4.78, 5) is 14.9. The van der Waals surface area contributed by atoms with Gasteiger partial charge < -0.3 is 9.84 Å². The number of halogens is 3. The second-order valence-electron chi connectivity index (χ2n) is 3.64. The Morgan fingerprint density at radius 3 is 2.94 bits per heavy atom. The average molecular weight is 358 g/mol. The van der Waals surface area contributed by atoms with E-state index in [4.69, 9.17) is 21.4 Å². The summed E-state index contributed by atoms with van der Waals surface area (Å²) in [5.41, 5.74) is -1.43. The van der Waals surface area contributed by atoms with Crippen LogP contribution < -0.4 is 4.74 Å². The number of aliphatic carboxylic acids is 1. The predicted molar refractivity (Wildman–Crippen MR) is 62.4 cm³/mol. The van der Waals surface area contributed by atoms with Crippen molar-refractivity contribution >= 4 is 40.2 Å². The molecule has 1 N–H and O–H groups in total. The van der Waals surface area contributed by atoms with E-state index in [0.29, 0.717) is 0 Å². The van der Waals surface area contributed by atoms with E-state index in [1.807, 2.05) is 0 Å². The summed E-state index contributed by atoms with van der Waals surface area (Å²) in [6.45, 7) is 1.26. The number of rotatable bonds is 1. The van der Waals surface area contributed by atoms with Crippen LogP contribution in [0.5, 0.6) is 5.75 Å². The number of nitrogens with zero attached hydrogens (tertiary/aromatic N) is 1. The molecule has 4 nitrogen and oxygen atoms in total. The molecule has 16 heavy (non-hydrogen) atoms. The Labute approximate surface area is 109 Å². The lowest BCUT2D eigenvalue weighted by Crippen LogP contribution is -2.34. The van der Waals surface area contributed by atoms with Gasteiger partial charge in [0.05, 0.1) is 5.56 Å². The summed E-state index contributed by atoms with van der Waals surface area (Å²) < 4.78 is 19.0. The van der Waals surface area contributed by atoms with Gasteiger partial charge in [0.1, 0.15) is 15.7 Å². The summed E-state index contributed by atoms with van der Waals surface area (Å²) in [5.74, 6) is -1.80. The first-order chi connectivity index (χ1) is 7.38. The Kier molecular flexibility index (Phi) is 2.73. The van der Waals surface area contributed by atoms with Crippen LogP contribution >= 0.6 is 34.2 Å². The molecule has 1 aromatic rings. The van der Waals surface area contributed by atoms with Gasteiger partial charge in [-0.1, -0.05) is 11.6 Å². The molecule has 0 saturated carbocycles. The highest BCUT2D eigenvalue weighted by Crippen LogP contribution is 2.44. The number of pyridine rings is 1. The van der Waals surface area contributed by atoms with Crippen molar-refractivity contribution < 1.29 is 19.0 Å². The van der Waals surface area contributed by atoms with Crippen molar-refractivity contribution in [3.8, 4) is 5.75 Å². The van der Waals surface area contributed by atoms with E-state index in [0.717, 1.165) is 0 Å². The number of fused-ring (bicyclic) bond motifs is 1. The molecule has 2 rings (SSSR count). The second-order valence-corrected chi connectivity index (χ2v) is 5.02. The highest BCUT2D eigenvalue weighted by atomic mass is 127. The van der Waals surface area contributed by atoms with Crippen LogP contribution in [0, 0.1) is 9.52 Å². The second kappa shape index (κ2) is 3.69. The molecule has 0 aromatic carbocycles. The number of aromatic nitrogens is 1. The van der Waals surface area contributed by atoms with Crippen LogP contribution in [0.2, 0.25) is 5.15 Å². The van der Waals surface area contributed by atoms with E-state index >= 15 is 0 Å². The molecule has 86 valence electrons. The molecular weight excluding hydrogens is 351 g/mol. The molecule has 1 aliphatic heterocycles. The molecule has 0 saturated heterocycles. The molecule has 2 heterocycles. The molecule has 1 aliphatic rings. The van der Waals surface area contributed by atoms with Crippen molar-refractivity contribution in [1.82, 2.24) is 4.98 Å². The maximum Gasteiger partial charge on any atom is 0.317 e. The van der Waals surface area contributed by atoms with Crippen LogP contribution in [0.3, 0.4) is 0 Å². The summed E-state index contributed by atoms with van der Waals surface area (Å²) in [5, 5.41) is 9.10. The van der Waals surface area contributed by atoms with Gasteiger partial charge >= 0.3 is 5.97 Å². The molecule has 7 heteroatoms. The smallest absolute Gasteiger partial charge is 0.317 e. The average Bonchev–Trinajstić information content (AvgIpc) is 2.55. The van der Waals surface area contributed by atoms with E-state index in [1.54, 1.807) is 22.6 Å². The van der Waals surface area contributed by atoms with Crippen molar-refractivity contribution in [2.45, 2.75) is 12.3 Å². The van der Waals surface area contributed by atoms with Gasteiger partial charge in [0.2, 0.25) is 0 Å². The summed E-state index contributed by atoms with van der Waals surface area (Å²) in [6.07, 6.45) is 0. The normalized spacial score (nSPS) is 22.8. The topological polar surface area (TPSA) is 59.4 Å². The van der Waals surface area contributed by atoms with Crippen molar-refractivity contribution in [3.63, 3.8) is 0 Å². The molecule has 0 spiro atoms. The van der Waals surface area contributed by atoms with Crippen LogP contribution in [-0.4, -0.2) is 22.7 Å². The number of carboxylic acids is 1. The summed E-state index contributed by atoms with van der Waals surface area (Å²) >= 11 is 7.44. The fourth-order valence-electron chi connectivity index (χ4n) is 1.57. The third-order valence-corrected chi connectivity index (χ3v) is 3.51. The Morgan fingerprint density at radius 1 is 1.75 bits per heavy atom. The minimum Gasteiger partial charge on any atom is -0.488 e. The zero-order valence-corrected chi connectivity index (χ0v) is 11.0. The van der Waals surface area contributed by atoms with Gasteiger partial charge in [-0.3, -0.25) is 4.79 Å². The van der Waals surface area contributed by atoms with Crippen LogP contribution in [-0.2, 0) is 10.2 Å².